The summed E-state index contributed by atoms with van der Waals surface area (Å²) < 4.78 is 17.6. The Labute approximate surface area is 286 Å². The van der Waals surface area contributed by atoms with Crippen LogP contribution in [0.4, 0.5) is 11.4 Å². The lowest BCUT2D eigenvalue weighted by Gasteiger charge is -2.49. The average Bonchev–Trinajstić information content (AvgIpc) is 2.97. The van der Waals surface area contributed by atoms with E-state index in [1.807, 2.05) is 28.7 Å². The number of nitrogens with zero attached hydrogens (tertiary/aromatic N) is 3. The van der Waals surface area contributed by atoms with E-state index < -0.39 is 27.1 Å². The second kappa shape index (κ2) is 13.0. The molecule has 2 aliphatic carbocycles. The maximum atomic E-state index is 14.1. The van der Waals surface area contributed by atoms with Gasteiger partial charge in [-0.2, -0.15) is 0 Å². The highest BCUT2D eigenvalue weighted by molar-refractivity contribution is 14.1. The number of carbonyl (C=O) groups is 2. The minimum absolute atomic E-state index is 0.00187. The third-order valence-corrected chi connectivity index (χ3v) is 9.70. The van der Waals surface area contributed by atoms with Gasteiger partial charge < -0.3 is 19.1 Å². The summed E-state index contributed by atoms with van der Waals surface area (Å²) in [5.74, 6) is -0.426. The van der Waals surface area contributed by atoms with Crippen LogP contribution in [0.15, 0.2) is 52.9 Å². The fourth-order valence-corrected chi connectivity index (χ4v) is 7.72. The molecule has 0 atom stereocenters. The van der Waals surface area contributed by atoms with Gasteiger partial charge in [0.1, 0.15) is 0 Å². The van der Waals surface area contributed by atoms with E-state index in [4.69, 9.17) is 14.2 Å². The van der Waals surface area contributed by atoms with Gasteiger partial charge in [-0.25, -0.2) is 0 Å². The van der Waals surface area contributed by atoms with Crippen LogP contribution < -0.4 is 9.47 Å². The van der Waals surface area contributed by atoms with Crippen LogP contribution in [-0.2, 0) is 14.3 Å². The molecule has 5 rings (SSSR count). The van der Waals surface area contributed by atoms with Gasteiger partial charge in [-0.05, 0) is 76.4 Å². The van der Waals surface area contributed by atoms with Gasteiger partial charge in [0.25, 0.3) is 5.69 Å². The molecule has 250 valence electrons. The lowest BCUT2D eigenvalue weighted by molar-refractivity contribution is -0.394. The molecule has 1 heterocycles. The normalized spacial score (nSPS) is 19.0. The summed E-state index contributed by atoms with van der Waals surface area (Å²) >= 11 is 2.04. The third-order valence-electron chi connectivity index (χ3n) is 8.90. The fourth-order valence-electron chi connectivity index (χ4n) is 6.98. The number of hydrogen-bond donors (Lipinski definition) is 0. The van der Waals surface area contributed by atoms with Crippen LogP contribution in [0.5, 0.6) is 17.2 Å². The van der Waals surface area contributed by atoms with Crippen LogP contribution in [0, 0.1) is 34.6 Å². The average molecular weight is 760 g/mol. The highest BCUT2D eigenvalue weighted by Crippen LogP contribution is 2.55. The number of methoxy groups -OCH3 is 2. The van der Waals surface area contributed by atoms with Gasteiger partial charge in [-0.15, -0.1) is 0 Å². The van der Waals surface area contributed by atoms with Gasteiger partial charge in [0.15, 0.2) is 23.1 Å². The lowest BCUT2D eigenvalue weighted by Crippen LogP contribution is -2.44. The van der Waals surface area contributed by atoms with Crippen LogP contribution in [0.1, 0.15) is 71.3 Å². The second-order valence-electron chi connectivity index (χ2n) is 13.8. The summed E-state index contributed by atoms with van der Waals surface area (Å²) in [6.07, 6.45) is 2.75. The largest absolute Gasteiger partial charge is 0.493 e. The Morgan fingerprint density at radius 3 is 1.98 bits per heavy atom. The predicted octanol–water partition coefficient (Wildman–Crippen LogP) is 7.63. The Hall–Kier alpha value is -3.85. The molecule has 0 bridgehead atoms. The molecule has 13 heteroatoms. The van der Waals surface area contributed by atoms with Crippen LogP contribution in [0.3, 0.4) is 0 Å². The van der Waals surface area contributed by atoms with Crippen molar-refractivity contribution in [3.63, 3.8) is 0 Å². The smallest absolute Gasteiger partial charge is 0.318 e. The number of halogens is 1. The third kappa shape index (κ3) is 6.77. The molecule has 0 radical (unpaired) electrons. The number of rotatable bonds is 10. The quantitative estimate of drug-likeness (QED) is 0.102. The number of carbonyl (C=O) groups excluding carboxylic acids is 2. The van der Waals surface area contributed by atoms with Gasteiger partial charge in [0, 0.05) is 67.6 Å². The number of hydrogen-bond acceptors (Lipinski definition) is 10. The van der Waals surface area contributed by atoms with Crippen molar-refractivity contribution in [3.05, 3.63) is 82.2 Å². The minimum Gasteiger partial charge on any atom is -0.493 e. The maximum Gasteiger partial charge on any atom is 0.318 e. The van der Waals surface area contributed by atoms with E-state index in [0.29, 0.717) is 59.1 Å². The Kier molecular flexibility index (Phi) is 9.52. The van der Waals surface area contributed by atoms with Crippen molar-refractivity contribution in [1.82, 2.24) is 4.90 Å². The molecule has 0 N–H and O–H groups in total. The number of ether oxygens (including phenoxy) is 3. The van der Waals surface area contributed by atoms with Crippen molar-refractivity contribution in [2.24, 2.45) is 10.8 Å². The molecule has 0 saturated heterocycles. The number of benzene rings is 2. The van der Waals surface area contributed by atoms with Gasteiger partial charge in [-0.3, -0.25) is 29.8 Å². The first kappa shape index (κ1) is 34.5. The van der Waals surface area contributed by atoms with Gasteiger partial charge in [0.2, 0.25) is 5.75 Å². The maximum absolute atomic E-state index is 14.1. The number of Topliss-reactive ketones (excluding diaryl/α,β-unsaturated/α-hetero) is 2. The van der Waals surface area contributed by atoms with Gasteiger partial charge in [0.05, 0.1) is 26.6 Å². The van der Waals surface area contributed by atoms with Crippen molar-refractivity contribution in [2.75, 3.05) is 27.4 Å². The monoisotopic (exact) mass is 759 g/mol. The topological polar surface area (TPSA) is 151 Å². The van der Waals surface area contributed by atoms with E-state index >= 15 is 0 Å². The molecule has 2 aromatic carbocycles. The van der Waals surface area contributed by atoms with E-state index in [2.05, 4.69) is 32.6 Å². The Balaban J connectivity index is 1.69. The Bertz CT molecular complexity index is 1690. The summed E-state index contributed by atoms with van der Waals surface area (Å²) in [7, 11) is 3.09. The molecule has 12 nitrogen and oxygen atoms in total. The SMILES string of the molecule is COCCCN1C2=C(C(=O)CC(C)(C)C2)C(c2cc(I)c(Oc3ccc([N+](=O)[O-])cc3[N+](=O)[O-])c(OC)c2)C2=C1CC(C)(C)CC2=O. The molecule has 1 aliphatic heterocycles. The molecule has 0 aromatic heterocycles. The van der Waals surface area contributed by atoms with Crippen LogP contribution in [0.2, 0.25) is 0 Å². The van der Waals surface area contributed by atoms with E-state index in [1.165, 1.54) is 13.2 Å². The molecule has 0 spiro atoms. The fraction of sp³-hybridized carbons (Fsp3) is 0.471. The number of nitro benzene ring substituents is 2. The Morgan fingerprint density at radius 1 is 0.872 bits per heavy atom. The van der Waals surface area contributed by atoms with Crippen molar-refractivity contribution in [3.8, 4) is 17.2 Å². The molecule has 0 unspecified atom stereocenters. The number of ketones is 2. The van der Waals surface area contributed by atoms with Gasteiger partial charge >= 0.3 is 5.69 Å². The molecule has 3 aliphatic rings. The zero-order valence-electron chi connectivity index (χ0n) is 27.3. The number of allylic oxidation sites excluding steroid dienone is 4. The lowest BCUT2D eigenvalue weighted by atomic mass is 9.63. The Morgan fingerprint density at radius 2 is 1.47 bits per heavy atom. The second-order valence-corrected chi connectivity index (χ2v) is 15.0. The highest BCUT2D eigenvalue weighted by Gasteiger charge is 2.49. The van der Waals surface area contributed by atoms with Crippen molar-refractivity contribution in [1.29, 1.82) is 0 Å². The molecule has 2 aromatic rings. The number of non-ortho nitro benzene ring substituents is 1. The first-order valence-corrected chi connectivity index (χ1v) is 16.4. The predicted molar refractivity (Wildman–Crippen MR) is 182 cm³/mol. The summed E-state index contributed by atoms with van der Waals surface area (Å²) in [6.45, 7) is 9.52. The van der Waals surface area contributed by atoms with Crippen LogP contribution in [-0.4, -0.2) is 53.7 Å². The van der Waals surface area contributed by atoms with Gasteiger partial charge in [-0.1, -0.05) is 27.7 Å². The molecule has 0 fully saturated rings. The van der Waals surface area contributed by atoms with E-state index in [9.17, 15) is 29.8 Å². The molecular formula is C34H38IN3O9. The zero-order chi connectivity index (χ0) is 34.4. The first-order valence-electron chi connectivity index (χ1n) is 15.3. The van der Waals surface area contributed by atoms with Crippen molar-refractivity contribution >= 4 is 45.5 Å². The highest BCUT2D eigenvalue weighted by atomic mass is 127. The number of nitro groups is 2. The first-order chi connectivity index (χ1) is 22.1. The minimum atomic E-state index is -0.745. The summed E-state index contributed by atoms with van der Waals surface area (Å²) in [5.41, 5.74) is 2.23. The van der Waals surface area contributed by atoms with E-state index in [0.717, 1.165) is 29.9 Å². The summed E-state index contributed by atoms with van der Waals surface area (Å²) in [5, 5.41) is 23.1. The van der Waals surface area contributed by atoms with E-state index in [1.54, 1.807) is 13.2 Å². The van der Waals surface area contributed by atoms with E-state index in [-0.39, 0.29) is 39.6 Å². The molecule has 0 amide bonds. The summed E-state index contributed by atoms with van der Waals surface area (Å²) in [6, 6.07) is 6.69. The molecule has 47 heavy (non-hydrogen) atoms. The standard InChI is InChI=1S/C34H38IN3O9/c1-33(2)15-23-30(25(39)17-33)29(31-24(36(23)10-7-11-45-5)16-34(3,4)18-26(31)40)19-12-21(35)32(28(13-19)46-6)47-27-9-8-20(37(41)42)14-22(27)38(43)44/h8-9,12-14,29H,7,10-11,15-18H2,1-6H3. The molecule has 0 saturated carbocycles. The molecular weight excluding hydrogens is 721 g/mol. The van der Waals surface area contributed by atoms with Crippen molar-refractivity contribution < 1.29 is 33.6 Å². The summed E-state index contributed by atoms with van der Waals surface area (Å²) in [4.78, 5) is 52.0. The zero-order valence-corrected chi connectivity index (χ0v) is 29.5. The van der Waals surface area contributed by atoms with Crippen LogP contribution >= 0.6 is 22.6 Å². The van der Waals surface area contributed by atoms with Crippen LogP contribution in [0.25, 0.3) is 0 Å². The van der Waals surface area contributed by atoms with Crippen molar-refractivity contribution in [2.45, 2.75) is 65.7 Å².